The third-order valence-corrected chi connectivity index (χ3v) is 5.93. The zero-order valence-corrected chi connectivity index (χ0v) is 17.9. The van der Waals surface area contributed by atoms with Crippen LogP contribution in [0.4, 0.5) is 0 Å². The molecule has 0 radical (unpaired) electrons. The third kappa shape index (κ3) is 4.20. The first-order valence-corrected chi connectivity index (χ1v) is 10.6. The molecule has 2 heterocycles. The summed E-state index contributed by atoms with van der Waals surface area (Å²) in [6.45, 7) is 3.15. The molecule has 0 bridgehead atoms. The molecule has 5 heteroatoms. The van der Waals surface area contributed by atoms with Crippen molar-refractivity contribution in [2.24, 2.45) is 0 Å². The summed E-state index contributed by atoms with van der Waals surface area (Å²) in [6.07, 6.45) is 3.59. The normalized spacial score (nSPS) is 16.2. The van der Waals surface area contributed by atoms with Crippen molar-refractivity contribution >= 4 is 21.8 Å². The van der Waals surface area contributed by atoms with Crippen molar-refractivity contribution in [3.05, 3.63) is 104 Å². The number of aromatic nitrogens is 1. The highest BCUT2D eigenvalue weighted by molar-refractivity contribution is 9.10. The molecule has 1 aliphatic rings. The number of benzene rings is 2. The van der Waals surface area contributed by atoms with Gasteiger partial charge in [0.25, 0.3) is 11.5 Å². The van der Waals surface area contributed by atoms with Crippen LogP contribution in [0, 0.1) is 6.92 Å². The zero-order valence-electron chi connectivity index (χ0n) is 16.3. The summed E-state index contributed by atoms with van der Waals surface area (Å²) in [5.41, 5.74) is 3.30. The van der Waals surface area contributed by atoms with Crippen LogP contribution in [0.25, 0.3) is 0 Å². The fourth-order valence-electron chi connectivity index (χ4n) is 4.06. The van der Waals surface area contributed by atoms with E-state index in [0.29, 0.717) is 13.1 Å². The lowest BCUT2D eigenvalue weighted by molar-refractivity contribution is 0.0733. The van der Waals surface area contributed by atoms with E-state index in [1.165, 1.54) is 0 Å². The highest BCUT2D eigenvalue weighted by Crippen LogP contribution is 2.33. The fourth-order valence-corrected chi connectivity index (χ4v) is 4.47. The van der Waals surface area contributed by atoms with Crippen molar-refractivity contribution in [3.63, 3.8) is 0 Å². The van der Waals surface area contributed by atoms with E-state index in [9.17, 15) is 9.59 Å². The van der Waals surface area contributed by atoms with Crippen molar-refractivity contribution in [2.45, 2.75) is 32.4 Å². The molecule has 1 atom stereocenters. The number of amides is 1. The summed E-state index contributed by atoms with van der Waals surface area (Å²) in [7, 11) is 0. The van der Waals surface area contributed by atoms with Gasteiger partial charge in [0.2, 0.25) is 0 Å². The zero-order chi connectivity index (χ0) is 20.4. The number of hydrogen-bond acceptors (Lipinski definition) is 2. The second kappa shape index (κ2) is 8.37. The summed E-state index contributed by atoms with van der Waals surface area (Å²) in [5, 5.41) is 0. The molecule has 148 valence electrons. The maximum Gasteiger partial charge on any atom is 0.263 e. The predicted molar refractivity (Wildman–Crippen MR) is 118 cm³/mol. The molecule has 0 spiro atoms. The SMILES string of the molecule is Cc1cccc(Cn2cccc(C(=O)N3CCCC3c3cccc(Br)c3)c2=O)c1. The Bertz CT molecular complexity index is 1110. The molecule has 4 nitrogen and oxygen atoms in total. The van der Waals surface area contributed by atoms with Crippen molar-refractivity contribution in [1.82, 2.24) is 9.47 Å². The van der Waals surface area contributed by atoms with E-state index in [1.807, 2.05) is 48.2 Å². The Hall–Kier alpha value is -2.66. The number of aryl methyl sites for hydroxylation is 1. The summed E-state index contributed by atoms with van der Waals surface area (Å²) in [6, 6.07) is 19.6. The largest absolute Gasteiger partial charge is 0.331 e. The molecule has 1 saturated heterocycles. The van der Waals surface area contributed by atoms with E-state index in [4.69, 9.17) is 0 Å². The number of halogens is 1. The van der Waals surface area contributed by atoms with E-state index in [0.717, 1.165) is 34.0 Å². The molecule has 1 aromatic heterocycles. The van der Waals surface area contributed by atoms with Crippen molar-refractivity contribution < 1.29 is 4.79 Å². The van der Waals surface area contributed by atoms with Gasteiger partial charge in [0, 0.05) is 17.2 Å². The molecule has 1 aliphatic heterocycles. The maximum atomic E-state index is 13.3. The first kappa shape index (κ1) is 19.6. The van der Waals surface area contributed by atoms with Gasteiger partial charge in [0.05, 0.1) is 12.6 Å². The standard InChI is InChI=1S/C24H23BrN2O2/c1-17-6-2-7-18(14-17)16-26-12-4-10-21(23(26)28)24(29)27-13-5-11-22(27)19-8-3-9-20(25)15-19/h2-4,6-10,12,14-15,22H,5,11,13,16H2,1H3. The van der Waals surface area contributed by atoms with Crippen LogP contribution in [0.2, 0.25) is 0 Å². The summed E-state index contributed by atoms with van der Waals surface area (Å²) < 4.78 is 2.61. The van der Waals surface area contributed by atoms with Gasteiger partial charge in [-0.1, -0.05) is 57.9 Å². The van der Waals surface area contributed by atoms with E-state index in [1.54, 1.807) is 22.9 Å². The monoisotopic (exact) mass is 450 g/mol. The molecule has 29 heavy (non-hydrogen) atoms. The Labute approximate surface area is 178 Å². The van der Waals surface area contributed by atoms with Crippen LogP contribution in [0.5, 0.6) is 0 Å². The lowest BCUT2D eigenvalue weighted by Gasteiger charge is -2.25. The number of carbonyl (C=O) groups is 1. The number of carbonyl (C=O) groups excluding carboxylic acids is 1. The van der Waals surface area contributed by atoms with E-state index < -0.39 is 0 Å². The average Bonchev–Trinajstić information content (AvgIpc) is 3.19. The maximum absolute atomic E-state index is 13.3. The first-order chi connectivity index (χ1) is 14.0. The smallest absolute Gasteiger partial charge is 0.263 e. The van der Waals surface area contributed by atoms with Crippen molar-refractivity contribution in [1.29, 1.82) is 0 Å². The molecular weight excluding hydrogens is 428 g/mol. The molecular formula is C24H23BrN2O2. The topological polar surface area (TPSA) is 42.3 Å². The molecule has 3 aromatic rings. The Kier molecular flexibility index (Phi) is 5.67. The van der Waals surface area contributed by atoms with Gasteiger partial charge in [-0.15, -0.1) is 0 Å². The van der Waals surface area contributed by atoms with Gasteiger partial charge < -0.3 is 9.47 Å². The minimum atomic E-state index is -0.237. The van der Waals surface area contributed by atoms with Crippen LogP contribution in [0.3, 0.4) is 0 Å². The van der Waals surface area contributed by atoms with Crippen LogP contribution in [0.1, 0.15) is 45.9 Å². The number of pyridine rings is 1. The molecule has 0 N–H and O–H groups in total. The van der Waals surface area contributed by atoms with Crippen molar-refractivity contribution in [3.8, 4) is 0 Å². The van der Waals surface area contributed by atoms with E-state index >= 15 is 0 Å². The third-order valence-electron chi connectivity index (χ3n) is 5.43. The lowest BCUT2D eigenvalue weighted by Crippen LogP contribution is -2.36. The lowest BCUT2D eigenvalue weighted by atomic mass is 10.0. The Morgan fingerprint density at radius 1 is 1.10 bits per heavy atom. The van der Waals surface area contributed by atoms with E-state index in [2.05, 4.69) is 28.1 Å². The van der Waals surface area contributed by atoms with E-state index in [-0.39, 0.29) is 23.1 Å². The second-order valence-corrected chi connectivity index (χ2v) is 8.47. The average molecular weight is 451 g/mol. The van der Waals surface area contributed by atoms with Gasteiger partial charge in [-0.25, -0.2) is 0 Å². The molecule has 1 unspecified atom stereocenters. The summed E-state index contributed by atoms with van der Waals surface area (Å²) in [5.74, 6) is -0.184. The summed E-state index contributed by atoms with van der Waals surface area (Å²) >= 11 is 3.51. The summed E-state index contributed by atoms with van der Waals surface area (Å²) in [4.78, 5) is 28.2. The van der Waals surface area contributed by atoms with Gasteiger partial charge in [0.15, 0.2) is 0 Å². The van der Waals surface area contributed by atoms with Crippen molar-refractivity contribution in [2.75, 3.05) is 6.54 Å². The molecule has 1 fully saturated rings. The Morgan fingerprint density at radius 3 is 2.72 bits per heavy atom. The number of nitrogens with zero attached hydrogens (tertiary/aromatic N) is 2. The Balaban J connectivity index is 1.62. The van der Waals surface area contributed by atoms with Gasteiger partial charge in [-0.05, 0) is 55.2 Å². The van der Waals surface area contributed by atoms with Crippen LogP contribution in [-0.4, -0.2) is 21.9 Å². The second-order valence-electron chi connectivity index (χ2n) is 7.56. The highest BCUT2D eigenvalue weighted by Gasteiger charge is 2.32. The van der Waals surface area contributed by atoms with Crippen LogP contribution in [-0.2, 0) is 6.54 Å². The van der Waals surface area contributed by atoms with Crippen LogP contribution >= 0.6 is 15.9 Å². The minimum Gasteiger partial charge on any atom is -0.331 e. The highest BCUT2D eigenvalue weighted by atomic mass is 79.9. The number of rotatable bonds is 4. The van der Waals surface area contributed by atoms with Gasteiger partial charge >= 0.3 is 0 Å². The number of likely N-dealkylation sites (tertiary alicyclic amines) is 1. The number of hydrogen-bond donors (Lipinski definition) is 0. The van der Waals surface area contributed by atoms with Gasteiger partial charge in [0.1, 0.15) is 5.56 Å². The Morgan fingerprint density at radius 2 is 1.93 bits per heavy atom. The fraction of sp³-hybridized carbons (Fsp3) is 0.250. The molecule has 4 rings (SSSR count). The first-order valence-electron chi connectivity index (χ1n) is 9.84. The molecule has 0 saturated carbocycles. The quantitative estimate of drug-likeness (QED) is 0.564. The van der Waals surface area contributed by atoms with Crippen LogP contribution < -0.4 is 5.56 Å². The van der Waals surface area contributed by atoms with Gasteiger partial charge in [-0.3, -0.25) is 9.59 Å². The molecule has 0 aliphatic carbocycles. The minimum absolute atomic E-state index is 0.00447. The molecule has 1 amide bonds. The molecule has 2 aromatic carbocycles. The van der Waals surface area contributed by atoms with Crippen LogP contribution in [0.15, 0.2) is 76.1 Å². The van der Waals surface area contributed by atoms with Gasteiger partial charge in [-0.2, -0.15) is 0 Å². The predicted octanol–water partition coefficient (Wildman–Crippen LogP) is 4.94.